The molecule has 1 aliphatic heterocycles. The van der Waals surface area contributed by atoms with Crippen LogP contribution in [0.5, 0.6) is 5.75 Å². The fourth-order valence-electron chi connectivity index (χ4n) is 3.89. The van der Waals surface area contributed by atoms with Crippen molar-refractivity contribution in [3.63, 3.8) is 0 Å². The van der Waals surface area contributed by atoms with Gasteiger partial charge in [-0.3, -0.25) is 4.98 Å². The lowest BCUT2D eigenvalue weighted by Gasteiger charge is -2.21. The Hall–Kier alpha value is -2.82. The largest absolute Gasteiger partial charge is 0.491 e. The molecule has 3 aromatic heterocycles. The van der Waals surface area contributed by atoms with Crippen molar-refractivity contribution in [1.82, 2.24) is 25.1 Å². The lowest BCUT2D eigenvalue weighted by molar-refractivity contribution is -0.142. The number of hydrogen-bond donors (Lipinski definition) is 0. The molecule has 1 aliphatic carbocycles. The minimum absolute atomic E-state index is 0.211. The van der Waals surface area contributed by atoms with Gasteiger partial charge in [0.25, 0.3) is 0 Å². The van der Waals surface area contributed by atoms with Gasteiger partial charge in [-0.2, -0.15) is 13.2 Å². The Labute approximate surface area is 167 Å². The minimum atomic E-state index is -4.52. The summed E-state index contributed by atoms with van der Waals surface area (Å²) >= 11 is 1.40. The van der Waals surface area contributed by atoms with E-state index >= 15 is 0 Å². The van der Waals surface area contributed by atoms with Crippen molar-refractivity contribution in [3.05, 3.63) is 41.9 Å². The lowest BCUT2D eigenvalue weighted by atomic mass is 10.2. The number of alkyl halides is 3. The van der Waals surface area contributed by atoms with Crippen molar-refractivity contribution in [2.24, 2.45) is 17.8 Å². The predicted octanol–water partition coefficient (Wildman–Crippen LogP) is 3.17. The molecular formula is C18H15F3N6OS. The summed E-state index contributed by atoms with van der Waals surface area (Å²) in [4.78, 5) is 14.4. The van der Waals surface area contributed by atoms with E-state index in [1.165, 1.54) is 23.5 Å². The Bertz CT molecular complexity index is 1000. The second-order valence-corrected chi connectivity index (χ2v) is 7.90. The van der Waals surface area contributed by atoms with Crippen molar-refractivity contribution in [1.29, 1.82) is 0 Å². The molecule has 3 aromatic rings. The van der Waals surface area contributed by atoms with Crippen LogP contribution in [0.4, 0.5) is 19.0 Å². The van der Waals surface area contributed by atoms with E-state index in [2.05, 4.69) is 30.0 Å². The van der Waals surface area contributed by atoms with E-state index in [1.54, 1.807) is 17.9 Å². The van der Waals surface area contributed by atoms with Crippen molar-refractivity contribution >= 4 is 17.2 Å². The Balaban J connectivity index is 1.20. The number of pyridine rings is 1. The summed E-state index contributed by atoms with van der Waals surface area (Å²) in [5, 5.41) is 8.55. The maximum atomic E-state index is 13.0. The Morgan fingerprint density at radius 1 is 1.21 bits per heavy atom. The second kappa shape index (κ2) is 6.90. The highest BCUT2D eigenvalue weighted by atomic mass is 32.1. The van der Waals surface area contributed by atoms with Crippen LogP contribution in [0.3, 0.4) is 0 Å². The van der Waals surface area contributed by atoms with Gasteiger partial charge in [-0.15, -0.1) is 10.2 Å². The standard InChI is InChI=1S/C18H15F3N6OS/c19-18(20,21)16-14(2-1-3-23-16)28-8-12-10-6-27(7-11(10)12)15-5-22-4-13(25-15)17-26-24-9-29-17/h1-5,9-12H,6-8H2. The van der Waals surface area contributed by atoms with Gasteiger partial charge < -0.3 is 9.64 Å². The zero-order valence-electron chi connectivity index (χ0n) is 15.0. The summed E-state index contributed by atoms with van der Waals surface area (Å²) in [6, 6.07) is 2.76. The molecule has 5 rings (SSSR count). The third kappa shape index (κ3) is 3.50. The van der Waals surface area contributed by atoms with Crippen molar-refractivity contribution in [2.45, 2.75) is 6.18 Å². The summed E-state index contributed by atoms with van der Waals surface area (Å²) in [6.45, 7) is 1.83. The van der Waals surface area contributed by atoms with Crippen LogP contribution in [0.2, 0.25) is 0 Å². The summed E-state index contributed by atoms with van der Waals surface area (Å²) < 4.78 is 44.6. The van der Waals surface area contributed by atoms with Crippen LogP contribution in [-0.2, 0) is 6.18 Å². The summed E-state index contributed by atoms with van der Waals surface area (Å²) in [6.07, 6.45) is -0.0323. The predicted molar refractivity (Wildman–Crippen MR) is 98.4 cm³/mol. The number of rotatable bonds is 5. The van der Waals surface area contributed by atoms with Gasteiger partial charge >= 0.3 is 6.18 Å². The first kappa shape index (κ1) is 18.2. The van der Waals surface area contributed by atoms with Crippen molar-refractivity contribution in [2.75, 3.05) is 24.6 Å². The molecule has 150 valence electrons. The smallest absolute Gasteiger partial charge is 0.437 e. The van der Waals surface area contributed by atoms with E-state index in [-0.39, 0.29) is 18.3 Å². The molecule has 0 spiro atoms. The number of piperidine rings is 1. The molecule has 1 saturated carbocycles. The number of nitrogens with zero attached hydrogens (tertiary/aromatic N) is 6. The normalized spacial score (nSPS) is 23.1. The fraction of sp³-hybridized carbons (Fsp3) is 0.389. The topological polar surface area (TPSA) is 76.9 Å². The molecule has 11 heteroatoms. The quantitative estimate of drug-likeness (QED) is 0.627. The van der Waals surface area contributed by atoms with Gasteiger partial charge in [0, 0.05) is 25.2 Å². The highest BCUT2D eigenvalue weighted by Gasteiger charge is 2.56. The average molecular weight is 420 g/mol. The Morgan fingerprint density at radius 2 is 2.03 bits per heavy atom. The maximum Gasteiger partial charge on any atom is 0.437 e. The zero-order valence-corrected chi connectivity index (χ0v) is 15.8. The van der Waals surface area contributed by atoms with Crippen LogP contribution in [0.15, 0.2) is 36.2 Å². The maximum absolute atomic E-state index is 13.0. The first-order valence-electron chi connectivity index (χ1n) is 8.99. The zero-order chi connectivity index (χ0) is 20.0. The molecule has 4 heterocycles. The third-order valence-corrected chi connectivity index (χ3v) is 6.08. The molecule has 0 bridgehead atoms. The van der Waals surface area contributed by atoms with E-state index in [1.807, 2.05) is 0 Å². The summed E-state index contributed by atoms with van der Waals surface area (Å²) in [7, 11) is 0. The van der Waals surface area contributed by atoms with Gasteiger partial charge in [-0.25, -0.2) is 9.97 Å². The molecule has 2 fully saturated rings. The van der Waals surface area contributed by atoms with Crippen LogP contribution in [-0.4, -0.2) is 44.8 Å². The molecule has 29 heavy (non-hydrogen) atoms. The first-order valence-corrected chi connectivity index (χ1v) is 9.87. The highest BCUT2D eigenvalue weighted by molar-refractivity contribution is 7.12. The molecule has 0 aromatic carbocycles. The highest BCUT2D eigenvalue weighted by Crippen LogP contribution is 2.52. The van der Waals surface area contributed by atoms with Gasteiger partial charge in [0.15, 0.2) is 10.7 Å². The number of ether oxygens (including phenoxy) is 1. The van der Waals surface area contributed by atoms with E-state index in [9.17, 15) is 13.2 Å². The van der Waals surface area contributed by atoms with E-state index < -0.39 is 11.9 Å². The molecule has 0 radical (unpaired) electrons. The molecule has 0 N–H and O–H groups in total. The van der Waals surface area contributed by atoms with Gasteiger partial charge in [0.05, 0.1) is 19.0 Å². The second-order valence-electron chi connectivity index (χ2n) is 7.06. The number of halogens is 3. The summed E-state index contributed by atoms with van der Waals surface area (Å²) in [5.41, 5.74) is 1.35. The lowest BCUT2D eigenvalue weighted by Crippen LogP contribution is -2.26. The average Bonchev–Trinajstić information content (AvgIpc) is 3.14. The van der Waals surface area contributed by atoms with Gasteiger partial charge in [0.2, 0.25) is 0 Å². The van der Waals surface area contributed by atoms with Gasteiger partial charge in [-0.05, 0) is 24.0 Å². The molecule has 1 saturated heterocycles. The minimum Gasteiger partial charge on any atom is -0.491 e. The molecule has 0 amide bonds. The Morgan fingerprint density at radius 3 is 2.76 bits per heavy atom. The van der Waals surface area contributed by atoms with Gasteiger partial charge in [-0.1, -0.05) is 11.3 Å². The molecule has 2 aliphatic rings. The van der Waals surface area contributed by atoms with E-state index in [4.69, 9.17) is 4.74 Å². The van der Waals surface area contributed by atoms with Crippen LogP contribution in [0.1, 0.15) is 5.69 Å². The summed E-state index contributed by atoms with van der Waals surface area (Å²) in [5.74, 6) is 1.57. The fourth-order valence-corrected chi connectivity index (χ4v) is 4.39. The SMILES string of the molecule is FC(F)(F)c1ncccc1OCC1C2CN(c3cncc(-c4nncs4)n3)CC12. The molecule has 2 unspecified atom stereocenters. The Kier molecular flexibility index (Phi) is 4.34. The first-order chi connectivity index (χ1) is 14.0. The van der Waals surface area contributed by atoms with Crippen molar-refractivity contribution < 1.29 is 17.9 Å². The molecular weight excluding hydrogens is 405 g/mol. The van der Waals surface area contributed by atoms with E-state index in [0.29, 0.717) is 22.5 Å². The van der Waals surface area contributed by atoms with Crippen LogP contribution >= 0.6 is 11.3 Å². The number of fused-ring (bicyclic) bond motifs is 1. The van der Waals surface area contributed by atoms with Gasteiger partial charge in [0.1, 0.15) is 22.8 Å². The van der Waals surface area contributed by atoms with E-state index in [0.717, 1.165) is 25.1 Å². The van der Waals surface area contributed by atoms with Crippen LogP contribution in [0, 0.1) is 17.8 Å². The molecule has 2 atom stereocenters. The van der Waals surface area contributed by atoms with Crippen LogP contribution < -0.4 is 9.64 Å². The monoisotopic (exact) mass is 420 g/mol. The third-order valence-electron chi connectivity index (χ3n) is 5.37. The molecule has 7 nitrogen and oxygen atoms in total. The van der Waals surface area contributed by atoms with Crippen LogP contribution in [0.25, 0.3) is 10.7 Å². The van der Waals surface area contributed by atoms with Crippen molar-refractivity contribution in [3.8, 4) is 16.5 Å². The number of aromatic nitrogens is 5. The number of anilines is 1. The number of hydrogen-bond acceptors (Lipinski definition) is 8.